The van der Waals surface area contributed by atoms with E-state index in [-0.39, 0.29) is 11.9 Å². The molecular formula is C22H21N7OS. The van der Waals surface area contributed by atoms with Gasteiger partial charge in [-0.3, -0.25) is 15.1 Å². The van der Waals surface area contributed by atoms with Crippen LogP contribution in [0.15, 0.2) is 54.4 Å². The summed E-state index contributed by atoms with van der Waals surface area (Å²) in [6, 6.07) is 10.00. The van der Waals surface area contributed by atoms with Gasteiger partial charge in [-0.15, -0.1) is 11.3 Å². The van der Waals surface area contributed by atoms with Crippen molar-refractivity contribution in [2.45, 2.75) is 6.04 Å². The number of anilines is 2. The molecule has 0 unspecified atom stereocenters. The number of pyridine rings is 1. The molecule has 31 heavy (non-hydrogen) atoms. The van der Waals surface area contributed by atoms with Gasteiger partial charge in [0.2, 0.25) is 5.95 Å². The number of fused-ring (bicyclic) bond motifs is 1. The fourth-order valence-corrected chi connectivity index (χ4v) is 4.09. The number of rotatable bonds is 5. The monoisotopic (exact) mass is 431 g/mol. The lowest BCUT2D eigenvalue weighted by Gasteiger charge is -2.43. The summed E-state index contributed by atoms with van der Waals surface area (Å²) < 4.78 is 0. The molecule has 9 heteroatoms. The third-order valence-electron chi connectivity index (χ3n) is 5.45. The highest BCUT2D eigenvalue weighted by molar-refractivity contribution is 7.13. The Bertz CT molecular complexity index is 1240. The van der Waals surface area contributed by atoms with Crippen LogP contribution in [0.25, 0.3) is 21.3 Å². The Balaban J connectivity index is 1.34. The summed E-state index contributed by atoms with van der Waals surface area (Å²) in [5.41, 5.74) is 4.13. The lowest BCUT2D eigenvalue weighted by atomic mass is 10.1. The SMILES string of the molecule is CN(C)C1CN(c2cc(C(=O)Nc3ncc4ccc(-c5cncs5)cc4n3)ccn2)C1. The normalized spacial score (nSPS) is 14.1. The Morgan fingerprint density at radius 1 is 1.16 bits per heavy atom. The molecule has 0 radical (unpaired) electrons. The second-order valence-corrected chi connectivity index (χ2v) is 8.60. The molecule has 1 saturated heterocycles. The van der Waals surface area contributed by atoms with E-state index in [9.17, 15) is 4.79 Å². The van der Waals surface area contributed by atoms with Gasteiger partial charge in [0.1, 0.15) is 5.82 Å². The summed E-state index contributed by atoms with van der Waals surface area (Å²) in [6.07, 6.45) is 5.21. The minimum atomic E-state index is -0.258. The van der Waals surface area contributed by atoms with E-state index in [1.165, 1.54) is 0 Å². The fourth-order valence-electron chi connectivity index (χ4n) is 3.47. The molecule has 0 bridgehead atoms. The number of aromatic nitrogens is 4. The van der Waals surface area contributed by atoms with Gasteiger partial charge in [0.05, 0.1) is 15.9 Å². The maximum atomic E-state index is 12.8. The maximum absolute atomic E-state index is 12.8. The van der Waals surface area contributed by atoms with E-state index in [0.717, 1.165) is 40.3 Å². The van der Waals surface area contributed by atoms with Gasteiger partial charge in [-0.05, 0) is 37.9 Å². The fraction of sp³-hybridized carbons (Fsp3) is 0.227. The van der Waals surface area contributed by atoms with Gasteiger partial charge in [-0.2, -0.15) is 0 Å². The Kier molecular flexibility index (Phi) is 5.05. The molecule has 1 aromatic carbocycles. The number of thiazole rings is 1. The second-order valence-electron chi connectivity index (χ2n) is 7.71. The second kappa shape index (κ2) is 8.01. The highest BCUT2D eigenvalue weighted by Gasteiger charge is 2.29. The van der Waals surface area contributed by atoms with Crippen LogP contribution in [0.3, 0.4) is 0 Å². The highest BCUT2D eigenvalue weighted by Crippen LogP contribution is 2.26. The zero-order chi connectivity index (χ0) is 21.4. The first-order valence-electron chi connectivity index (χ1n) is 9.91. The lowest BCUT2D eigenvalue weighted by molar-refractivity contribution is 0.102. The maximum Gasteiger partial charge on any atom is 0.258 e. The van der Waals surface area contributed by atoms with Gasteiger partial charge in [0, 0.05) is 48.7 Å². The number of nitrogens with zero attached hydrogens (tertiary/aromatic N) is 6. The summed E-state index contributed by atoms with van der Waals surface area (Å²) in [5.74, 6) is 0.819. The summed E-state index contributed by atoms with van der Waals surface area (Å²) in [4.78, 5) is 35.6. The van der Waals surface area contributed by atoms with Gasteiger partial charge in [0.25, 0.3) is 5.91 Å². The van der Waals surface area contributed by atoms with Gasteiger partial charge in [0.15, 0.2) is 0 Å². The number of likely N-dealkylation sites (N-methyl/N-ethyl adjacent to an activating group) is 1. The Labute approximate surface area is 183 Å². The largest absolute Gasteiger partial charge is 0.353 e. The molecule has 0 aliphatic carbocycles. The van der Waals surface area contributed by atoms with Crippen molar-refractivity contribution >= 4 is 39.9 Å². The quantitative estimate of drug-likeness (QED) is 0.519. The minimum Gasteiger partial charge on any atom is -0.353 e. The molecule has 4 heterocycles. The van der Waals surface area contributed by atoms with Gasteiger partial charge in [-0.1, -0.05) is 12.1 Å². The van der Waals surface area contributed by atoms with E-state index in [1.807, 2.05) is 30.5 Å². The van der Waals surface area contributed by atoms with Crippen molar-refractivity contribution < 1.29 is 4.79 Å². The number of carbonyl (C=O) groups excluding carboxylic acids is 1. The van der Waals surface area contributed by atoms with Crippen molar-refractivity contribution in [3.8, 4) is 10.4 Å². The third-order valence-corrected chi connectivity index (χ3v) is 6.27. The highest BCUT2D eigenvalue weighted by atomic mass is 32.1. The number of hydrogen-bond acceptors (Lipinski definition) is 8. The van der Waals surface area contributed by atoms with Crippen LogP contribution in [0.2, 0.25) is 0 Å². The smallest absolute Gasteiger partial charge is 0.258 e. The molecule has 1 aliphatic rings. The van der Waals surface area contributed by atoms with Crippen LogP contribution >= 0.6 is 11.3 Å². The predicted molar refractivity (Wildman–Crippen MR) is 123 cm³/mol. The Hall–Kier alpha value is -3.43. The zero-order valence-electron chi connectivity index (χ0n) is 17.2. The Morgan fingerprint density at radius 2 is 2.03 bits per heavy atom. The van der Waals surface area contributed by atoms with Crippen LogP contribution in [-0.4, -0.2) is 64.0 Å². The third kappa shape index (κ3) is 3.97. The van der Waals surface area contributed by atoms with Crippen LogP contribution in [0.4, 0.5) is 11.8 Å². The average molecular weight is 432 g/mol. The van der Waals surface area contributed by atoms with Crippen LogP contribution < -0.4 is 10.2 Å². The van der Waals surface area contributed by atoms with Crippen LogP contribution in [-0.2, 0) is 0 Å². The number of hydrogen-bond donors (Lipinski definition) is 1. The molecule has 1 amide bonds. The molecular weight excluding hydrogens is 410 g/mol. The van der Waals surface area contributed by atoms with E-state index < -0.39 is 0 Å². The van der Waals surface area contributed by atoms with Gasteiger partial charge in [-0.25, -0.2) is 15.0 Å². The number of benzene rings is 1. The van der Waals surface area contributed by atoms with Gasteiger partial charge < -0.3 is 9.80 Å². The molecule has 1 fully saturated rings. The molecule has 156 valence electrons. The average Bonchev–Trinajstić information content (AvgIpc) is 3.27. The van der Waals surface area contributed by atoms with E-state index >= 15 is 0 Å². The minimum absolute atomic E-state index is 0.258. The van der Waals surface area contributed by atoms with Crippen LogP contribution in [0.5, 0.6) is 0 Å². The summed E-state index contributed by atoms with van der Waals surface area (Å²) in [6.45, 7) is 1.81. The lowest BCUT2D eigenvalue weighted by Crippen LogP contribution is -2.57. The molecule has 8 nitrogen and oxygen atoms in total. The first-order chi connectivity index (χ1) is 15.1. The van der Waals surface area contributed by atoms with Crippen LogP contribution in [0.1, 0.15) is 10.4 Å². The number of amides is 1. The number of nitrogens with one attached hydrogen (secondary N) is 1. The molecule has 0 atom stereocenters. The summed E-state index contributed by atoms with van der Waals surface area (Å²) in [7, 11) is 4.15. The molecule has 0 saturated carbocycles. The summed E-state index contributed by atoms with van der Waals surface area (Å²) >= 11 is 1.57. The van der Waals surface area contributed by atoms with Crippen molar-refractivity contribution in [1.82, 2.24) is 24.8 Å². The Morgan fingerprint density at radius 3 is 2.81 bits per heavy atom. The molecule has 1 aliphatic heterocycles. The van der Waals surface area contributed by atoms with E-state index in [1.54, 1.807) is 35.3 Å². The van der Waals surface area contributed by atoms with Crippen molar-refractivity contribution in [3.63, 3.8) is 0 Å². The van der Waals surface area contributed by atoms with Crippen molar-refractivity contribution in [2.24, 2.45) is 0 Å². The predicted octanol–water partition coefficient (Wildman–Crippen LogP) is 3.15. The molecule has 0 spiro atoms. The molecule has 4 aromatic rings. The molecule has 1 N–H and O–H groups in total. The van der Waals surface area contributed by atoms with Crippen molar-refractivity contribution in [2.75, 3.05) is 37.4 Å². The van der Waals surface area contributed by atoms with E-state index in [2.05, 4.69) is 49.1 Å². The zero-order valence-corrected chi connectivity index (χ0v) is 18.0. The van der Waals surface area contributed by atoms with Crippen molar-refractivity contribution in [1.29, 1.82) is 0 Å². The van der Waals surface area contributed by atoms with Gasteiger partial charge >= 0.3 is 0 Å². The summed E-state index contributed by atoms with van der Waals surface area (Å²) in [5, 5.41) is 3.72. The molecule has 5 rings (SSSR count). The molecule has 3 aromatic heterocycles. The van der Waals surface area contributed by atoms with E-state index in [0.29, 0.717) is 11.6 Å². The van der Waals surface area contributed by atoms with Crippen LogP contribution in [0, 0.1) is 0 Å². The topological polar surface area (TPSA) is 87.1 Å². The first kappa shape index (κ1) is 19.5. The standard InChI is InChI=1S/C22H21N7OS/c1-28(2)17-11-29(12-17)20-8-15(5-6-24-20)21(30)27-22-25-9-16-4-3-14(7-18(16)26-22)19-10-23-13-31-19/h3-10,13,17H,11-12H2,1-2H3,(H,25,26,27,30). The first-order valence-corrected chi connectivity index (χ1v) is 10.8. The number of carbonyl (C=O) groups is 1. The van der Waals surface area contributed by atoms with E-state index in [4.69, 9.17) is 0 Å². The van der Waals surface area contributed by atoms with Crippen molar-refractivity contribution in [3.05, 3.63) is 60.0 Å².